The van der Waals surface area contributed by atoms with Crippen LogP contribution in [0.4, 0.5) is 5.95 Å². The van der Waals surface area contributed by atoms with Crippen molar-refractivity contribution in [2.24, 2.45) is 5.92 Å². The largest absolute Gasteiger partial charge is 0.350 e. The van der Waals surface area contributed by atoms with Crippen molar-refractivity contribution < 1.29 is 4.79 Å². The van der Waals surface area contributed by atoms with E-state index in [1.807, 2.05) is 22.4 Å². The Kier molecular flexibility index (Phi) is 5.66. The molecule has 1 amide bonds. The molecule has 4 heterocycles. The van der Waals surface area contributed by atoms with Crippen LogP contribution < -0.4 is 10.9 Å². The van der Waals surface area contributed by atoms with E-state index in [9.17, 15) is 9.59 Å². The first kappa shape index (κ1) is 19.6. The minimum Gasteiger partial charge on any atom is -0.350 e. The van der Waals surface area contributed by atoms with Gasteiger partial charge in [-0.3, -0.25) is 14.7 Å². The van der Waals surface area contributed by atoms with Gasteiger partial charge in [0.2, 0.25) is 11.9 Å². The van der Waals surface area contributed by atoms with Crippen molar-refractivity contribution in [3.63, 3.8) is 0 Å². The van der Waals surface area contributed by atoms with Gasteiger partial charge in [0, 0.05) is 30.0 Å². The van der Waals surface area contributed by atoms with Crippen LogP contribution in [0.25, 0.3) is 5.78 Å². The number of thiophene rings is 1. The molecule has 0 spiro atoms. The van der Waals surface area contributed by atoms with E-state index in [2.05, 4.69) is 27.3 Å². The number of nitrogens with one attached hydrogen (secondary N) is 2. The number of anilines is 1. The average Bonchev–Trinajstić information content (AvgIpc) is 3.36. The van der Waals surface area contributed by atoms with Gasteiger partial charge in [0.25, 0.3) is 11.3 Å². The lowest BCUT2D eigenvalue weighted by Gasteiger charge is -2.30. The molecule has 2 N–H and O–H groups in total. The number of nitrogens with zero attached hydrogens (tertiary/aromatic N) is 4. The molecule has 4 rings (SSSR count). The molecule has 3 aromatic rings. The number of rotatable bonds is 6. The van der Waals surface area contributed by atoms with Crippen LogP contribution in [0.3, 0.4) is 0 Å². The second-order valence-electron chi connectivity index (χ2n) is 7.68. The molecular formula is C20H26N6O2S. The van der Waals surface area contributed by atoms with E-state index in [0.717, 1.165) is 25.9 Å². The standard InChI is InChI=1S/C20H26N6O2S/c1-13-7-9-25(10-8-13)17(27)6-5-16-14(2)22-20-23-19(24-26(20)18(16)28)21-12-15-4-3-11-29-15/h3-4,11,13H,5-10,12H2,1-2H3,(H2,21,22,23,24). The van der Waals surface area contributed by atoms with Crippen LogP contribution in [0.2, 0.25) is 0 Å². The first-order valence-corrected chi connectivity index (χ1v) is 10.9. The van der Waals surface area contributed by atoms with Gasteiger partial charge in [0.15, 0.2) is 0 Å². The van der Waals surface area contributed by atoms with E-state index >= 15 is 0 Å². The highest BCUT2D eigenvalue weighted by Gasteiger charge is 2.21. The molecule has 0 atom stereocenters. The molecule has 0 radical (unpaired) electrons. The lowest BCUT2D eigenvalue weighted by atomic mass is 9.98. The Balaban J connectivity index is 1.46. The quantitative estimate of drug-likeness (QED) is 0.646. The van der Waals surface area contributed by atoms with Crippen molar-refractivity contribution in [2.45, 2.75) is 46.1 Å². The Morgan fingerprint density at radius 1 is 1.34 bits per heavy atom. The molecule has 0 aromatic carbocycles. The summed E-state index contributed by atoms with van der Waals surface area (Å²) in [5, 5.41) is 8.18. The van der Waals surface area contributed by atoms with Gasteiger partial charge < -0.3 is 10.2 Å². The molecule has 1 fully saturated rings. The van der Waals surface area contributed by atoms with Crippen LogP contribution in [0.5, 0.6) is 0 Å². The summed E-state index contributed by atoms with van der Waals surface area (Å²) < 4.78 is 1.35. The maximum absolute atomic E-state index is 12.9. The number of aromatic nitrogens is 4. The van der Waals surface area contributed by atoms with Crippen LogP contribution in [-0.2, 0) is 17.8 Å². The van der Waals surface area contributed by atoms with Crippen molar-refractivity contribution in [1.29, 1.82) is 0 Å². The maximum Gasteiger partial charge on any atom is 0.277 e. The summed E-state index contributed by atoms with van der Waals surface area (Å²) in [6, 6.07) is 4.03. The number of hydrogen-bond donors (Lipinski definition) is 2. The second kappa shape index (κ2) is 8.36. The fraction of sp³-hybridized carbons (Fsp3) is 0.500. The predicted octanol–water partition coefficient (Wildman–Crippen LogP) is 2.59. The highest BCUT2D eigenvalue weighted by atomic mass is 32.1. The zero-order valence-corrected chi connectivity index (χ0v) is 17.6. The summed E-state index contributed by atoms with van der Waals surface area (Å²) >= 11 is 1.65. The highest BCUT2D eigenvalue weighted by molar-refractivity contribution is 7.09. The molecule has 1 aliphatic rings. The van der Waals surface area contributed by atoms with Crippen molar-refractivity contribution in [1.82, 2.24) is 24.5 Å². The number of likely N-dealkylation sites (tertiary alicyclic amines) is 1. The summed E-state index contributed by atoms with van der Waals surface area (Å²) in [6.07, 6.45) is 2.82. The van der Waals surface area contributed by atoms with Gasteiger partial charge in [0.1, 0.15) is 0 Å². The van der Waals surface area contributed by atoms with E-state index < -0.39 is 0 Å². The van der Waals surface area contributed by atoms with Crippen LogP contribution in [-0.4, -0.2) is 43.5 Å². The van der Waals surface area contributed by atoms with E-state index in [0.29, 0.717) is 48.3 Å². The Hall–Kier alpha value is -2.68. The molecule has 0 bridgehead atoms. The highest BCUT2D eigenvalue weighted by Crippen LogP contribution is 2.17. The summed E-state index contributed by atoms with van der Waals surface area (Å²) in [6.45, 7) is 6.28. The second-order valence-corrected chi connectivity index (χ2v) is 8.72. The van der Waals surface area contributed by atoms with Gasteiger partial charge in [-0.25, -0.2) is 4.98 Å². The van der Waals surface area contributed by atoms with E-state index in [1.54, 1.807) is 18.3 Å². The Morgan fingerprint density at radius 2 is 2.14 bits per heavy atom. The van der Waals surface area contributed by atoms with Crippen LogP contribution in [0.15, 0.2) is 22.3 Å². The number of carbonyl (C=O) groups excluding carboxylic acids is 1. The van der Waals surface area contributed by atoms with Crippen LogP contribution in [0, 0.1) is 12.8 Å². The number of aromatic amines is 1. The van der Waals surface area contributed by atoms with Crippen molar-refractivity contribution in [2.75, 3.05) is 18.4 Å². The molecule has 29 heavy (non-hydrogen) atoms. The number of fused-ring (bicyclic) bond motifs is 1. The fourth-order valence-corrected chi connectivity index (χ4v) is 4.30. The van der Waals surface area contributed by atoms with Gasteiger partial charge in [-0.05, 0) is 43.6 Å². The third kappa shape index (κ3) is 4.34. The Labute approximate surface area is 173 Å². The lowest BCUT2D eigenvalue weighted by Crippen LogP contribution is -2.38. The molecule has 1 aliphatic heterocycles. The SMILES string of the molecule is Cc1nc2nc(NCc3cccs3)[nH]n2c(=O)c1CCC(=O)N1CCC(C)CC1. The zero-order chi connectivity index (χ0) is 20.4. The molecule has 1 saturated heterocycles. The van der Waals surface area contributed by atoms with Gasteiger partial charge in [-0.2, -0.15) is 9.50 Å². The first-order valence-electron chi connectivity index (χ1n) is 10.0. The molecule has 3 aromatic heterocycles. The van der Waals surface area contributed by atoms with E-state index in [-0.39, 0.29) is 11.5 Å². The van der Waals surface area contributed by atoms with Crippen LogP contribution in [0.1, 0.15) is 42.3 Å². The minimum absolute atomic E-state index is 0.115. The van der Waals surface area contributed by atoms with Gasteiger partial charge >= 0.3 is 0 Å². The summed E-state index contributed by atoms with van der Waals surface area (Å²) in [7, 11) is 0. The first-order chi connectivity index (χ1) is 14.0. The molecular weight excluding hydrogens is 388 g/mol. The lowest BCUT2D eigenvalue weighted by molar-refractivity contribution is -0.132. The van der Waals surface area contributed by atoms with Gasteiger partial charge in [-0.1, -0.05) is 13.0 Å². The number of hydrogen-bond acceptors (Lipinski definition) is 6. The normalized spacial score (nSPS) is 15.2. The van der Waals surface area contributed by atoms with E-state index in [1.165, 1.54) is 9.39 Å². The van der Waals surface area contributed by atoms with Gasteiger partial charge in [0.05, 0.1) is 12.2 Å². The van der Waals surface area contributed by atoms with E-state index in [4.69, 9.17) is 0 Å². The molecule has 0 aliphatic carbocycles. The monoisotopic (exact) mass is 414 g/mol. The Bertz CT molecular complexity index is 1050. The smallest absolute Gasteiger partial charge is 0.277 e. The molecule has 8 nitrogen and oxygen atoms in total. The number of carbonyl (C=O) groups is 1. The van der Waals surface area contributed by atoms with Crippen LogP contribution >= 0.6 is 11.3 Å². The number of piperidine rings is 1. The summed E-state index contributed by atoms with van der Waals surface area (Å²) in [5.41, 5.74) is 1.00. The topological polar surface area (TPSA) is 95.4 Å². The third-order valence-corrected chi connectivity index (χ3v) is 6.41. The third-order valence-electron chi connectivity index (χ3n) is 5.53. The van der Waals surface area contributed by atoms with Crippen molar-refractivity contribution in [3.05, 3.63) is 44.0 Å². The summed E-state index contributed by atoms with van der Waals surface area (Å²) in [5.74, 6) is 1.63. The van der Waals surface area contributed by atoms with Crippen molar-refractivity contribution >= 4 is 29.0 Å². The maximum atomic E-state index is 12.9. The van der Waals surface area contributed by atoms with Gasteiger partial charge in [-0.15, -0.1) is 11.3 Å². The molecule has 0 unspecified atom stereocenters. The number of aryl methyl sites for hydroxylation is 1. The molecule has 0 saturated carbocycles. The minimum atomic E-state index is -0.191. The molecule has 9 heteroatoms. The predicted molar refractivity (Wildman–Crippen MR) is 113 cm³/mol. The Morgan fingerprint density at radius 3 is 2.86 bits per heavy atom. The zero-order valence-electron chi connectivity index (χ0n) is 16.8. The molecule has 154 valence electrons. The summed E-state index contributed by atoms with van der Waals surface area (Å²) in [4.78, 5) is 37.4. The number of H-pyrrole nitrogens is 1. The fourth-order valence-electron chi connectivity index (χ4n) is 3.65. The van der Waals surface area contributed by atoms with Crippen molar-refractivity contribution in [3.8, 4) is 0 Å². The average molecular weight is 415 g/mol. The number of amides is 1.